The quantitative estimate of drug-likeness (QED) is 0.796. The van der Waals surface area contributed by atoms with E-state index < -0.39 is 0 Å². The van der Waals surface area contributed by atoms with Crippen LogP contribution in [0.5, 0.6) is 0 Å². The van der Waals surface area contributed by atoms with Crippen LogP contribution in [0.25, 0.3) is 0 Å². The highest BCUT2D eigenvalue weighted by Gasteiger charge is 2.13. The molecule has 4 N–H and O–H groups in total. The maximum atomic E-state index is 12.2. The highest BCUT2D eigenvalue weighted by molar-refractivity contribution is 7.99. The summed E-state index contributed by atoms with van der Waals surface area (Å²) in [6.07, 6.45) is 0. The van der Waals surface area contributed by atoms with Gasteiger partial charge in [-0.25, -0.2) is 0 Å². The van der Waals surface area contributed by atoms with Gasteiger partial charge in [0, 0.05) is 13.6 Å². The van der Waals surface area contributed by atoms with E-state index in [-0.39, 0.29) is 23.6 Å². The van der Waals surface area contributed by atoms with E-state index in [9.17, 15) is 4.79 Å². The molecule has 23 heavy (non-hydrogen) atoms. The number of benzene rings is 1. The maximum absolute atomic E-state index is 12.2. The number of nitrogen functional groups attached to an aromatic ring is 2. The van der Waals surface area contributed by atoms with Gasteiger partial charge >= 0.3 is 0 Å². The molecule has 0 saturated heterocycles. The number of aryl methyl sites for hydroxylation is 2. The molecule has 0 spiro atoms. The summed E-state index contributed by atoms with van der Waals surface area (Å²) in [5.74, 6) is 0.296. The van der Waals surface area contributed by atoms with Gasteiger partial charge in [-0.05, 0) is 25.0 Å². The first-order chi connectivity index (χ1) is 10.8. The zero-order chi connectivity index (χ0) is 17.0. The third-order valence-corrected chi connectivity index (χ3v) is 4.14. The number of nitrogens with zero attached hydrogens (tertiary/aromatic N) is 4. The molecule has 1 heterocycles. The summed E-state index contributed by atoms with van der Waals surface area (Å²) in [5.41, 5.74) is 14.5. The number of aromatic nitrogens is 3. The molecule has 0 aliphatic heterocycles. The lowest BCUT2D eigenvalue weighted by Crippen LogP contribution is -2.28. The van der Waals surface area contributed by atoms with Gasteiger partial charge in [0.25, 0.3) is 0 Å². The fourth-order valence-electron chi connectivity index (χ4n) is 2.06. The number of thioether (sulfide) groups is 1. The van der Waals surface area contributed by atoms with Crippen molar-refractivity contribution < 1.29 is 4.79 Å². The van der Waals surface area contributed by atoms with Gasteiger partial charge in [0.05, 0.1) is 5.75 Å². The normalized spacial score (nSPS) is 10.6. The Morgan fingerprint density at radius 1 is 1.17 bits per heavy atom. The molecule has 0 aliphatic carbocycles. The lowest BCUT2D eigenvalue weighted by atomic mass is 10.1. The van der Waals surface area contributed by atoms with Crippen LogP contribution in [0.1, 0.15) is 16.7 Å². The van der Waals surface area contributed by atoms with Crippen LogP contribution in [0.4, 0.5) is 11.9 Å². The van der Waals surface area contributed by atoms with Gasteiger partial charge in [0.2, 0.25) is 17.8 Å². The van der Waals surface area contributed by atoms with Crippen molar-refractivity contribution in [2.75, 3.05) is 24.3 Å². The molecular weight excluding hydrogens is 312 g/mol. The maximum Gasteiger partial charge on any atom is 0.233 e. The van der Waals surface area contributed by atoms with E-state index in [2.05, 4.69) is 34.0 Å². The Balaban J connectivity index is 1.94. The van der Waals surface area contributed by atoms with Crippen LogP contribution < -0.4 is 11.5 Å². The average Bonchev–Trinajstić information content (AvgIpc) is 2.46. The third kappa shape index (κ3) is 4.82. The summed E-state index contributed by atoms with van der Waals surface area (Å²) in [6, 6.07) is 6.21. The predicted molar refractivity (Wildman–Crippen MR) is 91.8 cm³/mol. The predicted octanol–water partition coefficient (Wildman–Crippen LogP) is 1.40. The molecule has 8 heteroatoms. The van der Waals surface area contributed by atoms with Crippen molar-refractivity contribution in [3.05, 3.63) is 34.9 Å². The van der Waals surface area contributed by atoms with Crippen molar-refractivity contribution in [3.8, 4) is 0 Å². The van der Waals surface area contributed by atoms with Gasteiger partial charge in [0.15, 0.2) is 5.16 Å². The number of hydrogen-bond donors (Lipinski definition) is 2. The summed E-state index contributed by atoms with van der Waals surface area (Å²) >= 11 is 1.19. The van der Waals surface area contributed by atoms with Crippen molar-refractivity contribution in [1.82, 2.24) is 19.9 Å². The third-order valence-electron chi connectivity index (χ3n) is 3.31. The second kappa shape index (κ2) is 7.28. The monoisotopic (exact) mass is 332 g/mol. The standard InChI is InChI=1S/C15H20N6OS/c1-9-4-5-11(10(2)6-9)7-21(3)12(22)8-23-15-19-13(16)18-14(17)20-15/h4-6H,7-8H2,1-3H3,(H4,16,17,18,19,20). The number of anilines is 2. The Labute approximate surface area is 139 Å². The Morgan fingerprint density at radius 2 is 1.83 bits per heavy atom. The molecule has 0 radical (unpaired) electrons. The first-order valence-corrected chi connectivity index (χ1v) is 8.03. The molecule has 0 unspecified atom stereocenters. The minimum atomic E-state index is -0.0208. The van der Waals surface area contributed by atoms with Gasteiger partial charge in [-0.2, -0.15) is 15.0 Å². The number of nitrogens with two attached hydrogens (primary N) is 2. The molecule has 0 fully saturated rings. The molecule has 122 valence electrons. The van der Waals surface area contributed by atoms with Crippen LogP contribution in [0.2, 0.25) is 0 Å². The highest BCUT2D eigenvalue weighted by atomic mass is 32.2. The minimum Gasteiger partial charge on any atom is -0.368 e. The van der Waals surface area contributed by atoms with E-state index in [1.54, 1.807) is 11.9 Å². The molecule has 0 atom stereocenters. The van der Waals surface area contributed by atoms with Gasteiger partial charge in [0.1, 0.15) is 0 Å². The molecular formula is C15H20N6OS. The van der Waals surface area contributed by atoms with E-state index in [0.717, 1.165) is 5.56 Å². The Kier molecular flexibility index (Phi) is 5.38. The van der Waals surface area contributed by atoms with Crippen molar-refractivity contribution >= 4 is 29.6 Å². The molecule has 0 aliphatic rings. The van der Waals surface area contributed by atoms with Crippen molar-refractivity contribution in [2.24, 2.45) is 0 Å². The van der Waals surface area contributed by atoms with Crippen molar-refractivity contribution in [1.29, 1.82) is 0 Å². The summed E-state index contributed by atoms with van der Waals surface area (Å²) in [4.78, 5) is 25.5. The minimum absolute atomic E-state index is 0.0208. The summed E-state index contributed by atoms with van der Waals surface area (Å²) in [7, 11) is 1.78. The first-order valence-electron chi connectivity index (χ1n) is 7.05. The number of amides is 1. The Hall–Kier alpha value is -2.35. The summed E-state index contributed by atoms with van der Waals surface area (Å²) < 4.78 is 0. The molecule has 1 aromatic carbocycles. The number of hydrogen-bond acceptors (Lipinski definition) is 7. The van der Waals surface area contributed by atoms with Crippen LogP contribution in [0.15, 0.2) is 23.4 Å². The van der Waals surface area contributed by atoms with Crippen LogP contribution >= 0.6 is 11.8 Å². The van der Waals surface area contributed by atoms with Crippen molar-refractivity contribution in [2.45, 2.75) is 25.5 Å². The second-order valence-corrected chi connectivity index (χ2v) is 6.25. The number of carbonyl (C=O) groups excluding carboxylic acids is 1. The van der Waals surface area contributed by atoms with E-state index in [0.29, 0.717) is 11.7 Å². The summed E-state index contributed by atoms with van der Waals surface area (Å²) in [6.45, 7) is 4.66. The first kappa shape index (κ1) is 17.0. The molecule has 2 aromatic rings. The molecule has 1 aromatic heterocycles. The summed E-state index contributed by atoms with van der Waals surface area (Å²) in [5, 5.41) is 0.350. The lowest BCUT2D eigenvalue weighted by molar-refractivity contribution is -0.127. The van der Waals surface area contributed by atoms with E-state index in [1.165, 1.54) is 22.9 Å². The molecule has 0 bridgehead atoms. The molecule has 1 amide bonds. The fraction of sp³-hybridized carbons (Fsp3) is 0.333. The Morgan fingerprint density at radius 3 is 2.43 bits per heavy atom. The van der Waals surface area contributed by atoms with Crippen molar-refractivity contribution in [3.63, 3.8) is 0 Å². The molecule has 2 rings (SSSR count). The van der Waals surface area contributed by atoms with Gasteiger partial charge in [-0.1, -0.05) is 35.5 Å². The second-order valence-electron chi connectivity index (χ2n) is 5.30. The van der Waals surface area contributed by atoms with Crippen LogP contribution in [-0.4, -0.2) is 38.6 Å². The van der Waals surface area contributed by atoms with Gasteiger partial charge in [-0.3, -0.25) is 4.79 Å². The highest BCUT2D eigenvalue weighted by Crippen LogP contribution is 2.16. The van der Waals surface area contributed by atoms with E-state index in [4.69, 9.17) is 11.5 Å². The fourth-order valence-corrected chi connectivity index (χ4v) is 2.85. The van der Waals surface area contributed by atoms with Gasteiger partial charge in [-0.15, -0.1) is 0 Å². The van der Waals surface area contributed by atoms with E-state index in [1.807, 2.05) is 13.0 Å². The number of carbonyl (C=O) groups is 1. The topological polar surface area (TPSA) is 111 Å². The zero-order valence-electron chi connectivity index (χ0n) is 13.4. The zero-order valence-corrected chi connectivity index (χ0v) is 14.2. The molecule has 0 saturated carbocycles. The Bertz CT molecular complexity index is 701. The average molecular weight is 332 g/mol. The molecule has 7 nitrogen and oxygen atoms in total. The SMILES string of the molecule is Cc1ccc(CN(C)C(=O)CSc2nc(N)nc(N)n2)c(C)c1. The van der Waals surface area contributed by atoms with E-state index >= 15 is 0 Å². The van der Waals surface area contributed by atoms with Crippen LogP contribution in [0, 0.1) is 13.8 Å². The lowest BCUT2D eigenvalue weighted by Gasteiger charge is -2.18. The largest absolute Gasteiger partial charge is 0.368 e. The van der Waals surface area contributed by atoms with Crippen LogP contribution in [-0.2, 0) is 11.3 Å². The van der Waals surface area contributed by atoms with Crippen LogP contribution in [0.3, 0.4) is 0 Å². The van der Waals surface area contributed by atoms with Gasteiger partial charge < -0.3 is 16.4 Å². The smallest absolute Gasteiger partial charge is 0.233 e. The number of rotatable bonds is 5.